The molecule has 0 aliphatic heterocycles. The third-order valence-corrected chi connectivity index (χ3v) is 7.36. The van der Waals surface area contributed by atoms with Gasteiger partial charge in [-0.1, -0.05) is 66.7 Å². The second-order valence-electron chi connectivity index (χ2n) is 10.1. The van der Waals surface area contributed by atoms with E-state index in [4.69, 9.17) is 5.73 Å². The van der Waals surface area contributed by atoms with Gasteiger partial charge in [0.05, 0.1) is 30.5 Å². The number of nitrogens with zero attached hydrogens (tertiary/aromatic N) is 3. The van der Waals surface area contributed by atoms with E-state index in [2.05, 4.69) is 0 Å². The molecule has 45 heavy (non-hydrogen) atoms. The quantitative estimate of drug-likeness (QED) is 0.115. The Morgan fingerprint density at radius 1 is 0.711 bits per heavy atom. The largest absolute Gasteiger partial charge is 0.351 e. The van der Waals surface area contributed by atoms with Crippen LogP contribution in [0.4, 0.5) is 26.7 Å². The van der Waals surface area contributed by atoms with E-state index in [1.807, 2.05) is 0 Å². The Balaban J connectivity index is 1.85. The van der Waals surface area contributed by atoms with E-state index in [0.29, 0.717) is 10.5 Å². The highest BCUT2D eigenvalue weighted by atomic mass is 19.2. The monoisotopic (exact) mass is 622 g/mol. The Hall–Kier alpha value is -5.59. The molecule has 0 bridgehead atoms. The molecule has 0 aliphatic carbocycles. The Morgan fingerprint density at radius 3 is 1.82 bits per heavy atom. The zero-order valence-electron chi connectivity index (χ0n) is 23.5. The maximum atomic E-state index is 14.9. The van der Waals surface area contributed by atoms with Crippen molar-refractivity contribution in [3.05, 3.63) is 140 Å². The van der Waals surface area contributed by atoms with Gasteiger partial charge < -0.3 is 5.73 Å². The molecule has 0 saturated heterocycles. The lowest BCUT2D eigenvalue weighted by atomic mass is 9.98. The van der Waals surface area contributed by atoms with Crippen molar-refractivity contribution >= 4 is 28.8 Å². The molecule has 230 valence electrons. The number of likely N-dealkylation sites (N-methyl/N-ethyl adjacent to an activating group) is 1. The molecule has 0 radical (unpaired) electrons. The molecule has 0 saturated carbocycles. The summed E-state index contributed by atoms with van der Waals surface area (Å²) in [5.74, 6) is -12.5. The number of imidazole rings is 1. The minimum atomic E-state index is -2.37. The van der Waals surface area contributed by atoms with Crippen LogP contribution in [0.1, 0.15) is 32.6 Å². The molecule has 0 aliphatic rings. The topological polar surface area (TPSA) is 107 Å². The van der Waals surface area contributed by atoms with Gasteiger partial charge in [0.25, 0.3) is 0 Å². The average Bonchev–Trinajstić information content (AvgIpc) is 3.32. The Kier molecular flexibility index (Phi) is 8.36. The van der Waals surface area contributed by atoms with Crippen molar-refractivity contribution in [3.8, 4) is 0 Å². The minimum Gasteiger partial charge on any atom is -0.351 e. The Morgan fingerprint density at radius 2 is 1.24 bits per heavy atom. The molecule has 13 heteroatoms. The number of hydrogen-bond donors (Lipinski definition) is 1. The first kappa shape index (κ1) is 30.9. The summed E-state index contributed by atoms with van der Waals surface area (Å²) in [6, 6.07) is 18.0. The lowest BCUT2D eigenvalue weighted by Crippen LogP contribution is -2.38. The van der Waals surface area contributed by atoms with Crippen LogP contribution < -0.4 is 11.4 Å². The van der Waals surface area contributed by atoms with E-state index >= 15 is 0 Å². The van der Waals surface area contributed by atoms with Crippen LogP contribution >= 0.6 is 0 Å². The number of benzene rings is 4. The van der Waals surface area contributed by atoms with Crippen molar-refractivity contribution < 1.29 is 36.3 Å². The van der Waals surface area contributed by atoms with Crippen molar-refractivity contribution in [3.63, 3.8) is 0 Å². The average molecular weight is 623 g/mol. The van der Waals surface area contributed by atoms with Gasteiger partial charge in [-0.05, 0) is 17.2 Å². The van der Waals surface area contributed by atoms with Crippen molar-refractivity contribution in [1.82, 2.24) is 14.0 Å². The van der Waals surface area contributed by atoms with Crippen molar-refractivity contribution in [2.75, 3.05) is 7.05 Å². The predicted molar refractivity (Wildman–Crippen MR) is 153 cm³/mol. The number of aromatic nitrogens is 2. The summed E-state index contributed by atoms with van der Waals surface area (Å²) < 4.78 is 73.9. The van der Waals surface area contributed by atoms with Gasteiger partial charge in [-0.25, -0.2) is 31.5 Å². The second kappa shape index (κ2) is 12.2. The summed E-state index contributed by atoms with van der Waals surface area (Å²) in [5.41, 5.74) is 3.47. The summed E-state index contributed by atoms with van der Waals surface area (Å²) in [7, 11) is 1.11. The normalized spacial score (nSPS) is 11.2. The number of urea groups is 1. The van der Waals surface area contributed by atoms with Crippen LogP contribution in [-0.2, 0) is 24.3 Å². The predicted octanol–water partition coefficient (Wildman–Crippen LogP) is 4.91. The maximum Gasteiger partial charge on any atom is 0.329 e. The third-order valence-electron chi connectivity index (χ3n) is 7.36. The zero-order chi connectivity index (χ0) is 32.6. The number of hydrogen-bond acceptors (Lipinski definition) is 4. The first-order valence-corrected chi connectivity index (χ1v) is 13.4. The van der Waals surface area contributed by atoms with Gasteiger partial charge in [-0.15, -0.1) is 0 Å². The van der Waals surface area contributed by atoms with Crippen LogP contribution in [0, 0.1) is 29.1 Å². The second-order valence-corrected chi connectivity index (χ2v) is 10.1. The van der Waals surface area contributed by atoms with Gasteiger partial charge in [-0.3, -0.25) is 23.6 Å². The van der Waals surface area contributed by atoms with E-state index in [1.54, 1.807) is 48.5 Å². The SMILES string of the molecule is CN(C(N)=O)C(=O)Cc1ccc(C(=O)c2ccccc2)c2c1n(Cc1c(F)c(F)c(F)c(F)c1F)c(=O)n2Cc1ccccc1. The van der Waals surface area contributed by atoms with Crippen LogP contribution in [0.25, 0.3) is 11.0 Å². The molecule has 1 aromatic heterocycles. The number of primary amides is 1. The van der Waals surface area contributed by atoms with Crippen LogP contribution in [0.3, 0.4) is 0 Å². The highest BCUT2D eigenvalue weighted by molar-refractivity contribution is 6.16. The molecular formula is C32H23F5N4O4. The van der Waals surface area contributed by atoms with Crippen molar-refractivity contribution in [2.45, 2.75) is 19.5 Å². The number of ketones is 1. The molecule has 1 heterocycles. The number of amides is 3. The number of rotatable bonds is 8. The van der Waals surface area contributed by atoms with E-state index in [9.17, 15) is 41.1 Å². The first-order chi connectivity index (χ1) is 21.4. The van der Waals surface area contributed by atoms with E-state index in [1.165, 1.54) is 24.3 Å². The van der Waals surface area contributed by atoms with E-state index in [-0.39, 0.29) is 34.3 Å². The molecule has 5 aromatic rings. The minimum absolute atomic E-state index is 0.0143. The lowest BCUT2D eigenvalue weighted by molar-refractivity contribution is -0.126. The van der Waals surface area contributed by atoms with Gasteiger partial charge in [0.2, 0.25) is 11.7 Å². The van der Waals surface area contributed by atoms with Gasteiger partial charge in [0.15, 0.2) is 29.1 Å². The summed E-state index contributed by atoms with van der Waals surface area (Å²) in [6.45, 7) is -1.33. The number of carbonyl (C=O) groups excluding carboxylic acids is 3. The zero-order valence-corrected chi connectivity index (χ0v) is 23.5. The van der Waals surface area contributed by atoms with Gasteiger partial charge in [-0.2, -0.15) is 0 Å². The number of nitrogens with two attached hydrogens (primary N) is 1. The smallest absolute Gasteiger partial charge is 0.329 e. The molecule has 0 unspecified atom stereocenters. The molecule has 0 spiro atoms. The van der Waals surface area contributed by atoms with Crippen molar-refractivity contribution in [2.24, 2.45) is 5.73 Å². The molecule has 8 nitrogen and oxygen atoms in total. The number of halogens is 5. The molecule has 0 atom stereocenters. The highest BCUT2D eigenvalue weighted by Crippen LogP contribution is 2.29. The molecule has 2 N–H and O–H groups in total. The number of imide groups is 1. The summed E-state index contributed by atoms with van der Waals surface area (Å²) in [4.78, 5) is 53.1. The number of fused-ring (bicyclic) bond motifs is 1. The van der Waals surface area contributed by atoms with E-state index < -0.39 is 71.0 Å². The Labute approximate surface area is 251 Å². The van der Waals surface area contributed by atoms with Crippen LogP contribution in [-0.4, -0.2) is 38.8 Å². The van der Waals surface area contributed by atoms with Crippen LogP contribution in [0.15, 0.2) is 77.6 Å². The maximum absolute atomic E-state index is 14.9. The lowest BCUT2D eigenvalue weighted by Gasteiger charge is -2.15. The fourth-order valence-electron chi connectivity index (χ4n) is 5.01. The molecule has 4 aromatic carbocycles. The summed E-state index contributed by atoms with van der Waals surface area (Å²) >= 11 is 0. The van der Waals surface area contributed by atoms with E-state index in [0.717, 1.165) is 16.2 Å². The molecule has 3 amide bonds. The van der Waals surface area contributed by atoms with Gasteiger partial charge in [0.1, 0.15) is 0 Å². The Bertz CT molecular complexity index is 2010. The highest BCUT2D eigenvalue weighted by Gasteiger charge is 2.30. The molecule has 0 fully saturated rings. The van der Waals surface area contributed by atoms with Crippen LogP contribution in [0.5, 0.6) is 0 Å². The molecular weight excluding hydrogens is 599 g/mol. The van der Waals surface area contributed by atoms with Crippen molar-refractivity contribution in [1.29, 1.82) is 0 Å². The summed E-state index contributed by atoms with van der Waals surface area (Å²) in [5, 5.41) is 0. The van der Waals surface area contributed by atoms with Gasteiger partial charge >= 0.3 is 11.7 Å². The molecule has 5 rings (SSSR count). The standard InChI is InChI=1S/C32H23F5N4O4/c1-39(31(38)44)22(42)14-19-12-13-20(30(43)18-10-6-3-7-11-18)29-28(19)41(32(45)40(29)15-17-8-4-2-5-9-17)16-21-23(33)25(35)27(37)26(36)24(21)34/h2-13H,14-16H2,1H3,(H2,38,44). The van der Waals surface area contributed by atoms with Crippen LogP contribution in [0.2, 0.25) is 0 Å². The fraction of sp³-hybridized carbons (Fsp3) is 0.125. The fourth-order valence-corrected chi connectivity index (χ4v) is 5.01. The van der Waals surface area contributed by atoms with Gasteiger partial charge in [0, 0.05) is 23.7 Å². The third kappa shape index (κ3) is 5.59. The summed E-state index contributed by atoms with van der Waals surface area (Å²) in [6.07, 6.45) is -0.582. The first-order valence-electron chi connectivity index (χ1n) is 13.4. The number of carbonyl (C=O) groups is 3.